The molecule has 1 atom stereocenters. The second kappa shape index (κ2) is 3.80. The Bertz CT molecular complexity index is 472. The van der Waals surface area contributed by atoms with Gasteiger partial charge in [0, 0.05) is 12.7 Å². The highest BCUT2D eigenvalue weighted by molar-refractivity contribution is 5.62. The minimum Gasteiger partial charge on any atom is -0.465 e. The summed E-state index contributed by atoms with van der Waals surface area (Å²) in [5.74, 6) is 0.934. The summed E-state index contributed by atoms with van der Waals surface area (Å²) < 4.78 is 11.0. The number of fused-ring (bicyclic) bond motifs is 3. The van der Waals surface area contributed by atoms with E-state index in [1.54, 1.807) is 13.4 Å². The summed E-state index contributed by atoms with van der Waals surface area (Å²) in [7, 11) is 1.74. The van der Waals surface area contributed by atoms with Crippen molar-refractivity contribution in [2.75, 3.05) is 7.11 Å². The highest BCUT2D eigenvalue weighted by Gasteiger charge is 2.23. The van der Waals surface area contributed by atoms with Crippen molar-refractivity contribution in [3.8, 4) is 5.75 Å². The van der Waals surface area contributed by atoms with E-state index in [-0.39, 0.29) is 6.10 Å². The SMILES string of the molecule is COC1C=COc2ccc3c(c21)CCC=C3. The number of benzene rings is 1. The molecule has 16 heavy (non-hydrogen) atoms. The van der Waals surface area contributed by atoms with E-state index in [9.17, 15) is 0 Å². The fourth-order valence-electron chi connectivity index (χ4n) is 2.42. The predicted octanol–water partition coefficient (Wildman–Crippen LogP) is 3.24. The number of methoxy groups -OCH3 is 1. The minimum atomic E-state index is 0.0326. The lowest BCUT2D eigenvalue weighted by Crippen LogP contribution is -2.11. The van der Waals surface area contributed by atoms with Gasteiger partial charge in [0.25, 0.3) is 0 Å². The minimum absolute atomic E-state index is 0.0326. The molecule has 0 aromatic heterocycles. The second-order valence-corrected chi connectivity index (χ2v) is 4.09. The normalized spacial score (nSPS) is 21.2. The first kappa shape index (κ1) is 9.67. The van der Waals surface area contributed by atoms with Crippen LogP contribution >= 0.6 is 0 Å². The quantitative estimate of drug-likeness (QED) is 0.714. The molecule has 0 amide bonds. The number of allylic oxidation sites excluding steroid dienone is 1. The van der Waals surface area contributed by atoms with E-state index in [0.717, 1.165) is 18.6 Å². The molecule has 0 spiro atoms. The molecule has 0 saturated carbocycles. The molecule has 0 fully saturated rings. The Morgan fingerprint density at radius 2 is 2.31 bits per heavy atom. The highest BCUT2D eigenvalue weighted by Crippen LogP contribution is 2.38. The van der Waals surface area contributed by atoms with E-state index in [1.165, 1.54) is 16.7 Å². The van der Waals surface area contributed by atoms with Gasteiger partial charge < -0.3 is 9.47 Å². The second-order valence-electron chi connectivity index (χ2n) is 4.09. The van der Waals surface area contributed by atoms with E-state index >= 15 is 0 Å². The van der Waals surface area contributed by atoms with Crippen LogP contribution in [0.4, 0.5) is 0 Å². The van der Waals surface area contributed by atoms with Crippen LogP contribution in [0.1, 0.15) is 29.2 Å². The molecule has 0 saturated heterocycles. The zero-order valence-electron chi connectivity index (χ0n) is 9.27. The van der Waals surface area contributed by atoms with Crippen molar-refractivity contribution >= 4 is 6.08 Å². The molecule has 82 valence electrons. The molecule has 2 aliphatic rings. The van der Waals surface area contributed by atoms with Crippen LogP contribution in [0.15, 0.2) is 30.5 Å². The molecule has 0 N–H and O–H groups in total. The van der Waals surface area contributed by atoms with Gasteiger partial charge in [0.1, 0.15) is 11.9 Å². The van der Waals surface area contributed by atoms with Gasteiger partial charge in [0.2, 0.25) is 0 Å². The van der Waals surface area contributed by atoms with Crippen molar-refractivity contribution in [1.82, 2.24) is 0 Å². The van der Waals surface area contributed by atoms with Crippen LogP contribution in [0, 0.1) is 0 Å². The fraction of sp³-hybridized carbons (Fsp3) is 0.286. The first-order chi connectivity index (χ1) is 7.90. The van der Waals surface area contributed by atoms with Gasteiger partial charge in [-0.05, 0) is 36.1 Å². The Kier molecular flexibility index (Phi) is 2.29. The maximum absolute atomic E-state index is 5.54. The molecule has 1 aromatic rings. The van der Waals surface area contributed by atoms with Crippen LogP contribution in [0.5, 0.6) is 5.75 Å². The molecule has 1 aromatic carbocycles. The number of hydrogen-bond donors (Lipinski definition) is 0. The third-order valence-electron chi connectivity index (χ3n) is 3.20. The number of hydrogen-bond acceptors (Lipinski definition) is 2. The highest BCUT2D eigenvalue weighted by atomic mass is 16.5. The Morgan fingerprint density at radius 3 is 3.19 bits per heavy atom. The molecule has 1 heterocycles. The summed E-state index contributed by atoms with van der Waals surface area (Å²) >= 11 is 0. The molecule has 1 aliphatic heterocycles. The van der Waals surface area contributed by atoms with E-state index in [0.29, 0.717) is 0 Å². The molecule has 0 bridgehead atoms. The van der Waals surface area contributed by atoms with Crippen molar-refractivity contribution in [3.05, 3.63) is 47.2 Å². The molecule has 0 radical (unpaired) electrons. The monoisotopic (exact) mass is 214 g/mol. The molecule has 3 rings (SSSR count). The lowest BCUT2D eigenvalue weighted by Gasteiger charge is -2.25. The van der Waals surface area contributed by atoms with E-state index < -0.39 is 0 Å². The zero-order valence-corrected chi connectivity index (χ0v) is 9.27. The molecule has 2 heteroatoms. The first-order valence-corrected chi connectivity index (χ1v) is 5.58. The topological polar surface area (TPSA) is 18.5 Å². The van der Waals surface area contributed by atoms with E-state index in [2.05, 4.69) is 18.2 Å². The van der Waals surface area contributed by atoms with Gasteiger partial charge in [-0.1, -0.05) is 18.2 Å². The first-order valence-electron chi connectivity index (χ1n) is 5.58. The standard InChI is InChI=1S/C14H14O2/c1-15-12-8-9-16-13-7-6-10-4-2-3-5-11(10)14(12)13/h2,4,6-9,12H,3,5H2,1H3. The molecular formula is C14H14O2. The van der Waals surface area contributed by atoms with E-state index in [1.807, 2.05) is 12.1 Å². The summed E-state index contributed by atoms with van der Waals surface area (Å²) in [4.78, 5) is 0. The van der Waals surface area contributed by atoms with Gasteiger partial charge in [-0.2, -0.15) is 0 Å². The third kappa shape index (κ3) is 1.38. The van der Waals surface area contributed by atoms with Crippen LogP contribution in [-0.2, 0) is 11.2 Å². The van der Waals surface area contributed by atoms with Crippen molar-refractivity contribution in [1.29, 1.82) is 0 Å². The van der Waals surface area contributed by atoms with Gasteiger partial charge in [-0.15, -0.1) is 0 Å². The molecule has 2 nitrogen and oxygen atoms in total. The molecular weight excluding hydrogens is 200 g/mol. The summed E-state index contributed by atoms with van der Waals surface area (Å²) in [5, 5.41) is 0. The van der Waals surface area contributed by atoms with Crippen LogP contribution in [0.2, 0.25) is 0 Å². The van der Waals surface area contributed by atoms with Crippen LogP contribution < -0.4 is 4.74 Å². The fourth-order valence-corrected chi connectivity index (χ4v) is 2.42. The number of rotatable bonds is 1. The van der Waals surface area contributed by atoms with Gasteiger partial charge >= 0.3 is 0 Å². The Morgan fingerprint density at radius 1 is 1.38 bits per heavy atom. The Labute approximate surface area is 95.2 Å². The maximum atomic E-state index is 5.54. The Hall–Kier alpha value is -1.54. The summed E-state index contributed by atoms with van der Waals surface area (Å²) in [6, 6.07) is 4.15. The summed E-state index contributed by atoms with van der Waals surface area (Å²) in [6.45, 7) is 0. The van der Waals surface area contributed by atoms with Crippen molar-refractivity contribution in [2.24, 2.45) is 0 Å². The predicted molar refractivity (Wildman–Crippen MR) is 63.3 cm³/mol. The average Bonchev–Trinajstić information content (AvgIpc) is 2.37. The smallest absolute Gasteiger partial charge is 0.132 e. The lowest BCUT2D eigenvalue weighted by atomic mass is 9.89. The Balaban J connectivity index is 2.19. The zero-order chi connectivity index (χ0) is 11.0. The van der Waals surface area contributed by atoms with Crippen molar-refractivity contribution in [2.45, 2.75) is 18.9 Å². The van der Waals surface area contributed by atoms with Gasteiger partial charge in [-0.25, -0.2) is 0 Å². The largest absolute Gasteiger partial charge is 0.465 e. The lowest BCUT2D eigenvalue weighted by molar-refractivity contribution is 0.133. The van der Waals surface area contributed by atoms with Crippen LogP contribution in [0.25, 0.3) is 6.08 Å². The van der Waals surface area contributed by atoms with Crippen LogP contribution in [-0.4, -0.2) is 7.11 Å². The molecule has 1 unspecified atom stereocenters. The molecule has 1 aliphatic carbocycles. The van der Waals surface area contributed by atoms with Crippen molar-refractivity contribution < 1.29 is 9.47 Å². The average molecular weight is 214 g/mol. The van der Waals surface area contributed by atoms with Crippen molar-refractivity contribution in [3.63, 3.8) is 0 Å². The van der Waals surface area contributed by atoms with E-state index in [4.69, 9.17) is 9.47 Å². The van der Waals surface area contributed by atoms with Gasteiger partial charge in [-0.3, -0.25) is 0 Å². The summed E-state index contributed by atoms with van der Waals surface area (Å²) in [6.07, 6.45) is 10.3. The number of ether oxygens (including phenoxy) is 2. The summed E-state index contributed by atoms with van der Waals surface area (Å²) in [5.41, 5.74) is 3.87. The third-order valence-corrected chi connectivity index (χ3v) is 3.20. The van der Waals surface area contributed by atoms with Gasteiger partial charge in [0.15, 0.2) is 0 Å². The van der Waals surface area contributed by atoms with Crippen LogP contribution in [0.3, 0.4) is 0 Å². The maximum Gasteiger partial charge on any atom is 0.132 e. The van der Waals surface area contributed by atoms with Gasteiger partial charge in [0.05, 0.1) is 6.26 Å².